The van der Waals surface area contributed by atoms with Crippen LogP contribution < -0.4 is 4.74 Å². The van der Waals surface area contributed by atoms with E-state index in [0.717, 1.165) is 19.3 Å². The SMILES string of the molecule is O=C(C1CCOC1)N1CC2(CC(Oc3cnccn3)CCO2)C1. The Hall–Kier alpha value is -1.73. The zero-order chi connectivity index (χ0) is 15.7. The van der Waals surface area contributed by atoms with Gasteiger partial charge in [-0.1, -0.05) is 0 Å². The van der Waals surface area contributed by atoms with Crippen molar-refractivity contribution in [1.82, 2.24) is 14.9 Å². The Morgan fingerprint density at radius 2 is 2.22 bits per heavy atom. The summed E-state index contributed by atoms with van der Waals surface area (Å²) in [7, 11) is 0. The first-order valence-corrected chi connectivity index (χ1v) is 8.17. The van der Waals surface area contributed by atoms with E-state index >= 15 is 0 Å². The van der Waals surface area contributed by atoms with Gasteiger partial charge in [-0.05, 0) is 6.42 Å². The van der Waals surface area contributed by atoms with Gasteiger partial charge in [0, 0.05) is 31.8 Å². The predicted octanol–water partition coefficient (Wildman–Crippen LogP) is 0.652. The quantitative estimate of drug-likeness (QED) is 0.814. The molecule has 3 aliphatic rings. The van der Waals surface area contributed by atoms with E-state index < -0.39 is 0 Å². The van der Waals surface area contributed by atoms with E-state index in [1.54, 1.807) is 18.6 Å². The minimum absolute atomic E-state index is 0.0302. The van der Waals surface area contributed by atoms with Crippen molar-refractivity contribution < 1.29 is 19.0 Å². The number of rotatable bonds is 3. The van der Waals surface area contributed by atoms with E-state index in [1.165, 1.54) is 0 Å². The van der Waals surface area contributed by atoms with Gasteiger partial charge in [0.2, 0.25) is 11.8 Å². The fourth-order valence-electron chi connectivity index (χ4n) is 3.61. The highest BCUT2D eigenvalue weighted by Crippen LogP contribution is 2.36. The standard InChI is InChI=1S/C16H21N3O4/c20-15(12-1-5-21-9-12)19-10-16(11-19)7-13(2-6-22-16)23-14-8-17-3-4-18-14/h3-4,8,12-13H,1-2,5-7,9-11H2. The third-order valence-corrected chi connectivity index (χ3v) is 4.82. The third-order valence-electron chi connectivity index (χ3n) is 4.82. The van der Waals surface area contributed by atoms with Gasteiger partial charge in [0.15, 0.2) is 0 Å². The van der Waals surface area contributed by atoms with E-state index in [1.807, 2.05) is 4.90 Å². The molecular formula is C16H21N3O4. The minimum Gasteiger partial charge on any atom is -0.473 e. The summed E-state index contributed by atoms with van der Waals surface area (Å²) in [5.41, 5.74) is -0.250. The summed E-state index contributed by atoms with van der Waals surface area (Å²) < 4.78 is 17.2. The molecule has 7 heteroatoms. The number of hydrogen-bond donors (Lipinski definition) is 0. The number of amides is 1. The summed E-state index contributed by atoms with van der Waals surface area (Å²) >= 11 is 0. The molecule has 7 nitrogen and oxygen atoms in total. The van der Waals surface area contributed by atoms with E-state index in [0.29, 0.717) is 38.8 Å². The maximum atomic E-state index is 12.4. The van der Waals surface area contributed by atoms with Crippen molar-refractivity contribution in [2.45, 2.75) is 31.0 Å². The number of ether oxygens (including phenoxy) is 3. The number of carbonyl (C=O) groups excluding carboxylic acids is 1. The van der Waals surface area contributed by atoms with E-state index in [4.69, 9.17) is 14.2 Å². The third kappa shape index (κ3) is 3.03. The molecule has 1 spiro atoms. The van der Waals surface area contributed by atoms with Gasteiger partial charge >= 0.3 is 0 Å². The molecule has 3 aliphatic heterocycles. The van der Waals surface area contributed by atoms with Crippen molar-refractivity contribution in [2.24, 2.45) is 5.92 Å². The van der Waals surface area contributed by atoms with Gasteiger partial charge in [-0.15, -0.1) is 0 Å². The molecule has 1 amide bonds. The van der Waals surface area contributed by atoms with Gasteiger partial charge in [-0.3, -0.25) is 9.78 Å². The summed E-state index contributed by atoms with van der Waals surface area (Å²) in [4.78, 5) is 22.4. The maximum absolute atomic E-state index is 12.4. The predicted molar refractivity (Wildman–Crippen MR) is 79.9 cm³/mol. The van der Waals surface area contributed by atoms with Gasteiger partial charge < -0.3 is 19.1 Å². The first kappa shape index (κ1) is 14.8. The number of nitrogens with zero attached hydrogens (tertiary/aromatic N) is 3. The van der Waals surface area contributed by atoms with Crippen molar-refractivity contribution in [3.05, 3.63) is 18.6 Å². The smallest absolute Gasteiger partial charge is 0.232 e. The van der Waals surface area contributed by atoms with Crippen LogP contribution in [0.5, 0.6) is 5.88 Å². The molecule has 1 aromatic heterocycles. The zero-order valence-electron chi connectivity index (χ0n) is 13.0. The Labute approximate surface area is 134 Å². The molecule has 3 fully saturated rings. The normalized spacial score (nSPS) is 29.3. The fraction of sp³-hybridized carbons (Fsp3) is 0.688. The lowest BCUT2D eigenvalue weighted by Gasteiger charge is -2.53. The molecular weight excluding hydrogens is 298 g/mol. The number of aromatic nitrogens is 2. The first-order chi connectivity index (χ1) is 11.2. The summed E-state index contributed by atoms with van der Waals surface area (Å²) in [6.07, 6.45) is 7.39. The van der Waals surface area contributed by atoms with Gasteiger partial charge in [0.1, 0.15) is 11.7 Å². The molecule has 4 rings (SSSR count). The van der Waals surface area contributed by atoms with Crippen molar-refractivity contribution >= 4 is 5.91 Å². The van der Waals surface area contributed by atoms with Crippen LogP contribution in [0.2, 0.25) is 0 Å². The Kier molecular flexibility index (Phi) is 3.90. The van der Waals surface area contributed by atoms with Crippen LogP contribution in [0.4, 0.5) is 0 Å². The second kappa shape index (κ2) is 6.05. The molecule has 0 aliphatic carbocycles. The molecule has 0 aromatic carbocycles. The topological polar surface area (TPSA) is 73.8 Å². The monoisotopic (exact) mass is 319 g/mol. The van der Waals surface area contributed by atoms with Gasteiger partial charge in [0.05, 0.1) is 38.4 Å². The summed E-state index contributed by atoms with van der Waals surface area (Å²) in [5, 5.41) is 0. The van der Waals surface area contributed by atoms with Crippen LogP contribution in [0.25, 0.3) is 0 Å². The van der Waals surface area contributed by atoms with Crippen molar-refractivity contribution in [3.63, 3.8) is 0 Å². The second-order valence-corrected chi connectivity index (χ2v) is 6.56. The van der Waals surface area contributed by atoms with Gasteiger partial charge in [-0.2, -0.15) is 0 Å². The summed E-state index contributed by atoms with van der Waals surface area (Å²) in [5.74, 6) is 0.779. The van der Waals surface area contributed by atoms with Crippen LogP contribution in [0.15, 0.2) is 18.6 Å². The van der Waals surface area contributed by atoms with E-state index in [2.05, 4.69) is 9.97 Å². The van der Waals surface area contributed by atoms with Crippen LogP contribution in [-0.2, 0) is 14.3 Å². The molecule has 3 saturated heterocycles. The number of carbonyl (C=O) groups is 1. The van der Waals surface area contributed by atoms with Crippen LogP contribution in [0, 0.1) is 5.92 Å². The van der Waals surface area contributed by atoms with Gasteiger partial charge in [-0.25, -0.2) is 4.98 Å². The molecule has 2 atom stereocenters. The average Bonchev–Trinajstić information content (AvgIpc) is 3.07. The van der Waals surface area contributed by atoms with Crippen LogP contribution in [0.1, 0.15) is 19.3 Å². The van der Waals surface area contributed by atoms with Crippen LogP contribution >= 0.6 is 0 Å². The highest BCUT2D eigenvalue weighted by Gasteiger charge is 2.51. The van der Waals surface area contributed by atoms with E-state index in [-0.39, 0.29) is 23.5 Å². The van der Waals surface area contributed by atoms with Crippen LogP contribution in [-0.4, -0.2) is 65.4 Å². The first-order valence-electron chi connectivity index (χ1n) is 8.17. The largest absolute Gasteiger partial charge is 0.473 e. The minimum atomic E-state index is -0.250. The number of hydrogen-bond acceptors (Lipinski definition) is 6. The molecule has 0 N–H and O–H groups in total. The fourth-order valence-corrected chi connectivity index (χ4v) is 3.61. The Balaban J connectivity index is 1.32. The molecule has 4 heterocycles. The lowest BCUT2D eigenvalue weighted by molar-refractivity contribution is -0.195. The Morgan fingerprint density at radius 3 is 2.96 bits per heavy atom. The Morgan fingerprint density at radius 1 is 1.30 bits per heavy atom. The summed E-state index contributed by atoms with van der Waals surface area (Å²) in [6, 6.07) is 0. The highest BCUT2D eigenvalue weighted by molar-refractivity contribution is 5.80. The average molecular weight is 319 g/mol. The van der Waals surface area contributed by atoms with Crippen LogP contribution in [0.3, 0.4) is 0 Å². The highest BCUT2D eigenvalue weighted by atomic mass is 16.5. The lowest BCUT2D eigenvalue weighted by Crippen LogP contribution is -2.68. The van der Waals surface area contributed by atoms with Crippen molar-refractivity contribution in [3.8, 4) is 5.88 Å². The molecule has 0 bridgehead atoms. The molecule has 124 valence electrons. The van der Waals surface area contributed by atoms with Crippen molar-refractivity contribution in [1.29, 1.82) is 0 Å². The van der Waals surface area contributed by atoms with E-state index in [9.17, 15) is 4.79 Å². The lowest BCUT2D eigenvalue weighted by atomic mass is 9.84. The number of likely N-dealkylation sites (tertiary alicyclic amines) is 1. The molecule has 0 radical (unpaired) electrons. The van der Waals surface area contributed by atoms with Crippen molar-refractivity contribution in [2.75, 3.05) is 32.9 Å². The molecule has 23 heavy (non-hydrogen) atoms. The maximum Gasteiger partial charge on any atom is 0.232 e. The van der Waals surface area contributed by atoms with Gasteiger partial charge in [0.25, 0.3) is 0 Å². The second-order valence-electron chi connectivity index (χ2n) is 6.56. The molecule has 2 unspecified atom stereocenters. The molecule has 0 saturated carbocycles. The zero-order valence-corrected chi connectivity index (χ0v) is 13.0. The Bertz CT molecular complexity index is 556. The summed E-state index contributed by atoms with van der Waals surface area (Å²) in [6.45, 7) is 3.21. The molecule has 1 aromatic rings.